The van der Waals surface area contributed by atoms with Crippen LogP contribution >= 0.6 is 11.8 Å². The number of amides is 2. The lowest BCUT2D eigenvalue weighted by Crippen LogP contribution is -2.41. The van der Waals surface area contributed by atoms with Crippen molar-refractivity contribution in [1.82, 2.24) is 25.5 Å². The number of benzene rings is 1. The van der Waals surface area contributed by atoms with E-state index in [1.807, 2.05) is 51.1 Å². The van der Waals surface area contributed by atoms with Crippen LogP contribution in [0.2, 0.25) is 0 Å². The predicted octanol–water partition coefficient (Wildman–Crippen LogP) is 4.32. The van der Waals surface area contributed by atoms with Crippen LogP contribution in [0.25, 0.3) is 0 Å². The number of H-pyrrole nitrogens is 1. The van der Waals surface area contributed by atoms with Gasteiger partial charge in [-0.1, -0.05) is 0 Å². The molecule has 0 spiro atoms. The molecule has 1 aromatic carbocycles. The Morgan fingerprint density at radius 3 is 2.62 bits per heavy atom. The van der Waals surface area contributed by atoms with Gasteiger partial charge in [0.2, 0.25) is 0 Å². The van der Waals surface area contributed by atoms with Gasteiger partial charge in [0.15, 0.2) is 11.0 Å². The SMILES string of the molecule is Cc1cc(Nc2cc(C)[nH]n2)nc(Sc2ccc(NC(=O)NC3CCOCC3)cc2C)n1. The number of hydrogen-bond acceptors (Lipinski definition) is 7. The molecule has 1 fully saturated rings. The maximum atomic E-state index is 12.3. The third-order valence-corrected chi connectivity index (χ3v) is 6.03. The summed E-state index contributed by atoms with van der Waals surface area (Å²) >= 11 is 1.48. The molecule has 1 saturated heterocycles. The van der Waals surface area contributed by atoms with Gasteiger partial charge < -0.3 is 20.7 Å². The van der Waals surface area contributed by atoms with Gasteiger partial charge in [-0.05, 0) is 69.1 Å². The van der Waals surface area contributed by atoms with Crippen molar-refractivity contribution in [2.45, 2.75) is 49.7 Å². The Hall–Kier alpha value is -3.11. The molecule has 3 heterocycles. The Bertz CT molecular complexity index is 1100. The molecule has 0 atom stereocenters. The molecular weight excluding hydrogens is 426 g/mol. The molecule has 168 valence electrons. The molecule has 0 unspecified atom stereocenters. The molecule has 1 aliphatic heterocycles. The molecule has 2 aromatic heterocycles. The Balaban J connectivity index is 1.40. The number of anilines is 3. The van der Waals surface area contributed by atoms with E-state index in [4.69, 9.17) is 4.74 Å². The van der Waals surface area contributed by atoms with Gasteiger partial charge in [0.05, 0.1) is 0 Å². The Morgan fingerprint density at radius 2 is 1.91 bits per heavy atom. The molecule has 2 amide bonds. The molecule has 0 aliphatic carbocycles. The van der Waals surface area contributed by atoms with Gasteiger partial charge in [-0.3, -0.25) is 5.10 Å². The lowest BCUT2D eigenvalue weighted by Gasteiger charge is -2.23. The van der Waals surface area contributed by atoms with Crippen molar-refractivity contribution in [1.29, 1.82) is 0 Å². The van der Waals surface area contributed by atoms with E-state index in [0.29, 0.717) is 30.0 Å². The number of ether oxygens (including phenoxy) is 1. The highest BCUT2D eigenvalue weighted by atomic mass is 32.2. The van der Waals surface area contributed by atoms with Crippen LogP contribution in [0, 0.1) is 20.8 Å². The van der Waals surface area contributed by atoms with Crippen LogP contribution in [-0.2, 0) is 4.74 Å². The number of aromatic amines is 1. The standard InChI is InChI=1S/C22H27N7O2S/c1-13-10-17(25-21(30)24-16-6-8-31-9-7-16)4-5-18(13)32-22-23-14(2)11-19(27-22)26-20-12-15(3)28-29-20/h4-5,10-12,16H,6-9H2,1-3H3,(H2,24,25,30)(H2,23,26,27,28,29). The van der Waals surface area contributed by atoms with Crippen molar-refractivity contribution in [2.75, 3.05) is 23.8 Å². The summed E-state index contributed by atoms with van der Waals surface area (Å²) in [6.07, 6.45) is 1.68. The number of aryl methyl sites for hydroxylation is 3. The number of rotatable bonds is 6. The number of carbonyl (C=O) groups is 1. The summed E-state index contributed by atoms with van der Waals surface area (Å²) in [7, 11) is 0. The number of nitrogens with one attached hydrogen (secondary N) is 4. The van der Waals surface area contributed by atoms with Crippen molar-refractivity contribution in [3.05, 3.63) is 47.3 Å². The van der Waals surface area contributed by atoms with Crippen LogP contribution in [0.1, 0.15) is 29.8 Å². The highest BCUT2D eigenvalue weighted by molar-refractivity contribution is 7.99. The smallest absolute Gasteiger partial charge is 0.319 e. The number of nitrogens with zero attached hydrogens (tertiary/aromatic N) is 3. The predicted molar refractivity (Wildman–Crippen MR) is 125 cm³/mol. The fraction of sp³-hybridized carbons (Fsp3) is 0.364. The van der Waals surface area contributed by atoms with Crippen LogP contribution in [0.4, 0.5) is 22.1 Å². The van der Waals surface area contributed by atoms with Crippen molar-refractivity contribution in [2.24, 2.45) is 0 Å². The van der Waals surface area contributed by atoms with Crippen LogP contribution in [0.3, 0.4) is 0 Å². The van der Waals surface area contributed by atoms with Gasteiger partial charge >= 0.3 is 6.03 Å². The minimum atomic E-state index is -0.192. The summed E-state index contributed by atoms with van der Waals surface area (Å²) in [6.45, 7) is 7.26. The van der Waals surface area contributed by atoms with Crippen LogP contribution in [0.5, 0.6) is 0 Å². The van der Waals surface area contributed by atoms with E-state index in [1.165, 1.54) is 11.8 Å². The summed E-state index contributed by atoms with van der Waals surface area (Å²) in [5, 5.41) is 16.9. The van der Waals surface area contributed by atoms with Crippen LogP contribution in [-0.4, -0.2) is 45.5 Å². The fourth-order valence-corrected chi connectivity index (χ4v) is 4.29. The van der Waals surface area contributed by atoms with Gasteiger partial charge in [0.25, 0.3) is 0 Å². The van der Waals surface area contributed by atoms with Crippen LogP contribution < -0.4 is 16.0 Å². The van der Waals surface area contributed by atoms with E-state index in [9.17, 15) is 4.79 Å². The first-order valence-electron chi connectivity index (χ1n) is 10.5. The van der Waals surface area contributed by atoms with Gasteiger partial charge in [0.1, 0.15) is 5.82 Å². The zero-order valence-electron chi connectivity index (χ0n) is 18.4. The molecular formula is C22H27N7O2S. The highest BCUT2D eigenvalue weighted by Gasteiger charge is 2.16. The number of urea groups is 1. The summed E-state index contributed by atoms with van der Waals surface area (Å²) in [6, 6.07) is 9.58. The summed E-state index contributed by atoms with van der Waals surface area (Å²) < 4.78 is 5.33. The maximum Gasteiger partial charge on any atom is 0.319 e. The average molecular weight is 454 g/mol. The van der Waals surface area contributed by atoms with E-state index in [-0.39, 0.29) is 12.1 Å². The van der Waals surface area contributed by atoms with Crippen molar-refractivity contribution >= 4 is 35.1 Å². The first kappa shape index (κ1) is 22.1. The summed E-state index contributed by atoms with van der Waals surface area (Å²) in [5.41, 5.74) is 3.61. The van der Waals surface area contributed by atoms with E-state index in [1.54, 1.807) is 0 Å². The average Bonchev–Trinajstić information content (AvgIpc) is 3.15. The molecule has 0 saturated carbocycles. The van der Waals surface area contributed by atoms with Gasteiger partial charge in [0, 0.05) is 53.4 Å². The monoisotopic (exact) mass is 453 g/mol. The summed E-state index contributed by atoms with van der Waals surface area (Å²) in [4.78, 5) is 22.5. The number of hydrogen-bond donors (Lipinski definition) is 4. The van der Waals surface area contributed by atoms with Crippen LogP contribution in [0.15, 0.2) is 40.4 Å². The molecule has 10 heteroatoms. The third kappa shape index (κ3) is 5.98. The minimum absolute atomic E-state index is 0.159. The van der Waals surface area contributed by atoms with Crippen molar-refractivity contribution < 1.29 is 9.53 Å². The van der Waals surface area contributed by atoms with Gasteiger partial charge in [-0.2, -0.15) is 5.10 Å². The van der Waals surface area contributed by atoms with E-state index < -0.39 is 0 Å². The molecule has 0 bridgehead atoms. The molecule has 4 N–H and O–H groups in total. The van der Waals surface area contributed by atoms with Gasteiger partial charge in [-0.15, -0.1) is 0 Å². The Morgan fingerprint density at radius 1 is 1.09 bits per heavy atom. The Kier molecular flexibility index (Phi) is 6.91. The first-order valence-corrected chi connectivity index (χ1v) is 11.3. The van der Waals surface area contributed by atoms with E-state index in [2.05, 4.69) is 36.1 Å². The topological polar surface area (TPSA) is 117 Å². The second-order valence-electron chi connectivity index (χ2n) is 7.81. The molecule has 1 aliphatic rings. The Labute approximate surface area is 191 Å². The second kappa shape index (κ2) is 10.0. The molecule has 4 rings (SSSR count). The van der Waals surface area contributed by atoms with Crippen molar-refractivity contribution in [3.63, 3.8) is 0 Å². The third-order valence-electron chi connectivity index (χ3n) is 4.99. The lowest BCUT2D eigenvalue weighted by molar-refractivity contribution is 0.0806. The van der Waals surface area contributed by atoms with Crippen molar-refractivity contribution in [3.8, 4) is 0 Å². The molecule has 3 aromatic rings. The lowest BCUT2D eigenvalue weighted by atomic mass is 10.1. The fourth-order valence-electron chi connectivity index (χ4n) is 3.40. The number of aromatic nitrogens is 4. The zero-order valence-corrected chi connectivity index (χ0v) is 19.2. The zero-order chi connectivity index (χ0) is 22.5. The molecule has 0 radical (unpaired) electrons. The van der Waals surface area contributed by atoms with E-state index in [0.717, 1.165) is 40.4 Å². The minimum Gasteiger partial charge on any atom is -0.381 e. The second-order valence-corrected chi connectivity index (χ2v) is 8.81. The normalized spacial score (nSPS) is 14.2. The largest absolute Gasteiger partial charge is 0.381 e. The van der Waals surface area contributed by atoms with Gasteiger partial charge in [-0.25, -0.2) is 14.8 Å². The van der Waals surface area contributed by atoms with E-state index >= 15 is 0 Å². The summed E-state index contributed by atoms with van der Waals surface area (Å²) in [5.74, 6) is 1.40. The molecule has 9 nitrogen and oxygen atoms in total. The maximum absolute atomic E-state index is 12.3. The molecule has 32 heavy (non-hydrogen) atoms. The number of carbonyl (C=O) groups excluding carboxylic acids is 1. The quantitative estimate of drug-likeness (QED) is 0.411. The first-order chi connectivity index (χ1) is 15.4. The highest BCUT2D eigenvalue weighted by Crippen LogP contribution is 2.30.